The van der Waals surface area contributed by atoms with Crippen LogP contribution in [0.3, 0.4) is 0 Å². The maximum atomic E-state index is 14.4. The summed E-state index contributed by atoms with van der Waals surface area (Å²) in [5, 5.41) is 6.41. The van der Waals surface area contributed by atoms with Gasteiger partial charge in [0.15, 0.2) is 0 Å². The van der Waals surface area contributed by atoms with Crippen molar-refractivity contribution >= 4 is 51.4 Å². The van der Waals surface area contributed by atoms with E-state index in [4.69, 9.17) is 19.5 Å². The van der Waals surface area contributed by atoms with Crippen molar-refractivity contribution in [2.45, 2.75) is 109 Å². The Hall–Kier alpha value is -4.27. The zero-order valence-corrected chi connectivity index (χ0v) is 35.1. The first-order chi connectivity index (χ1) is 27.3. The van der Waals surface area contributed by atoms with E-state index in [0.717, 1.165) is 69.7 Å². The van der Waals surface area contributed by atoms with Crippen LogP contribution in [0.25, 0.3) is 22.2 Å². The zero-order chi connectivity index (χ0) is 40.6. The molecule has 2 fully saturated rings. The van der Waals surface area contributed by atoms with Gasteiger partial charge in [-0.25, -0.2) is 5.43 Å². The molecule has 7 rings (SSSR count). The van der Waals surface area contributed by atoms with Crippen LogP contribution in [0.15, 0.2) is 41.5 Å². The van der Waals surface area contributed by atoms with Crippen LogP contribution in [-0.2, 0) is 42.1 Å². The number of hydrogen-bond donors (Lipinski definition) is 2. The van der Waals surface area contributed by atoms with Gasteiger partial charge in [0.25, 0.3) is 5.91 Å². The smallest absolute Gasteiger partial charge is 0.324 e. The fourth-order valence-electron chi connectivity index (χ4n) is 9.03. The summed E-state index contributed by atoms with van der Waals surface area (Å²) >= 11 is 1.60. The molecular formula is C43H57N7O6S. The van der Waals surface area contributed by atoms with Crippen LogP contribution in [0.2, 0.25) is 0 Å². The molecule has 1 aliphatic carbocycles. The summed E-state index contributed by atoms with van der Waals surface area (Å²) < 4.78 is 14.1. The van der Waals surface area contributed by atoms with E-state index in [9.17, 15) is 19.2 Å². The maximum Gasteiger partial charge on any atom is 0.324 e. The van der Waals surface area contributed by atoms with E-state index < -0.39 is 29.5 Å². The molecule has 14 heteroatoms. The Bertz CT molecular complexity index is 2060. The number of carbonyl (C=O) groups is 4. The van der Waals surface area contributed by atoms with E-state index in [1.165, 1.54) is 16.8 Å². The first-order valence-corrected chi connectivity index (χ1v) is 21.3. The molecule has 6 bridgehead atoms. The highest BCUT2D eigenvalue weighted by Crippen LogP contribution is 2.42. The van der Waals surface area contributed by atoms with Crippen LogP contribution < -0.4 is 10.7 Å². The molecule has 3 amide bonds. The minimum atomic E-state index is -0.958. The monoisotopic (exact) mass is 799 g/mol. The second-order valence-corrected chi connectivity index (χ2v) is 18.1. The highest BCUT2D eigenvalue weighted by atomic mass is 32.2. The molecule has 2 N–H and O–H groups in total. The van der Waals surface area contributed by atoms with Gasteiger partial charge in [0.2, 0.25) is 11.8 Å². The third-order valence-electron chi connectivity index (χ3n) is 12.3. The number of esters is 1. The molecule has 306 valence electrons. The highest BCUT2D eigenvalue weighted by Gasteiger charge is 2.40. The molecule has 57 heavy (non-hydrogen) atoms. The summed E-state index contributed by atoms with van der Waals surface area (Å²) in [6.07, 6.45) is 7.16. The Morgan fingerprint density at radius 2 is 1.91 bits per heavy atom. The van der Waals surface area contributed by atoms with Gasteiger partial charge in [-0.3, -0.25) is 34.2 Å². The van der Waals surface area contributed by atoms with Crippen LogP contribution in [-0.4, -0.2) is 99.4 Å². The molecule has 1 saturated heterocycles. The number of fused-ring (bicyclic) bond motifs is 5. The van der Waals surface area contributed by atoms with Gasteiger partial charge in [-0.05, 0) is 80.3 Å². The topological polar surface area (TPSA) is 147 Å². The number of nitrogens with zero attached hydrogens (tertiary/aromatic N) is 5. The zero-order valence-electron chi connectivity index (χ0n) is 34.3. The van der Waals surface area contributed by atoms with Crippen molar-refractivity contribution in [2.75, 3.05) is 33.1 Å². The number of amides is 3. The van der Waals surface area contributed by atoms with Gasteiger partial charge in [-0.2, -0.15) is 0 Å². The standard InChI is InChI=1S/C43H57N7O6S/c1-25(55-7)37-29(14-10-18-44-37)39-31-22-43(3,4)24-56-42(54)32-15-11-19-50(47-32)41(53)33(46-40(52)38(48(5)26(2)51)27-12-8-9-13-27)21-36-45-34(23-57-36)28-16-17-35(49(39)6)30(31)20-28/h10,14,16-18,20,25,27,32-34,38,47H,8-9,11-13,15,19,21-24H2,1-7H3,(H,46,52)/t25-,32-,33-,34?,38-/m0/s1. The van der Waals surface area contributed by atoms with Crippen LogP contribution in [0.1, 0.15) is 102 Å². The minimum Gasteiger partial charge on any atom is -0.464 e. The SMILES string of the molecule is CO[C@@H](C)c1ncccc1-c1c2c3cc(ccc3n1C)C1CSC(=N1)C[C@H](NC(=O)[C@H](C1CCCC1)N(C)C(C)=O)C(=O)N1CCC[C@H](N1)C(=O)OCC(C)(C)C2. The molecule has 3 aromatic rings. The van der Waals surface area contributed by atoms with Crippen molar-refractivity contribution < 1.29 is 28.7 Å². The molecular weight excluding hydrogens is 743 g/mol. The fourth-order valence-corrected chi connectivity index (χ4v) is 10.1. The molecule has 1 unspecified atom stereocenters. The lowest BCUT2D eigenvalue weighted by Crippen LogP contribution is -2.62. The van der Waals surface area contributed by atoms with Crippen molar-refractivity contribution in [3.05, 3.63) is 53.3 Å². The molecule has 3 aliphatic heterocycles. The van der Waals surface area contributed by atoms with Crippen molar-refractivity contribution in [1.29, 1.82) is 0 Å². The van der Waals surface area contributed by atoms with Crippen LogP contribution in [0.4, 0.5) is 0 Å². The molecule has 0 radical (unpaired) electrons. The van der Waals surface area contributed by atoms with Gasteiger partial charge >= 0.3 is 5.97 Å². The van der Waals surface area contributed by atoms with Crippen molar-refractivity contribution in [2.24, 2.45) is 23.4 Å². The molecule has 1 aromatic carbocycles. The second kappa shape index (κ2) is 16.9. The number of aromatic nitrogens is 2. The van der Waals surface area contributed by atoms with E-state index in [2.05, 4.69) is 60.5 Å². The van der Waals surface area contributed by atoms with Crippen LogP contribution in [0, 0.1) is 11.3 Å². The third kappa shape index (κ3) is 8.49. The van der Waals surface area contributed by atoms with Crippen molar-refractivity contribution in [3.8, 4) is 11.3 Å². The lowest BCUT2D eigenvalue weighted by atomic mass is 9.84. The molecule has 2 aromatic heterocycles. The normalized spacial score (nSPS) is 24.1. The number of nitrogens with one attached hydrogen (secondary N) is 2. The van der Waals surface area contributed by atoms with Gasteiger partial charge in [0.05, 0.1) is 35.2 Å². The quantitative estimate of drug-likeness (QED) is 0.289. The number of hydrazine groups is 1. The van der Waals surface area contributed by atoms with Gasteiger partial charge in [0, 0.05) is 74.9 Å². The Balaban J connectivity index is 1.30. The van der Waals surface area contributed by atoms with Crippen molar-refractivity contribution in [3.63, 3.8) is 0 Å². The third-order valence-corrected chi connectivity index (χ3v) is 13.4. The molecule has 1 saturated carbocycles. The number of hydrogen-bond acceptors (Lipinski definition) is 10. The first kappa shape index (κ1) is 40.9. The van der Waals surface area contributed by atoms with Gasteiger partial charge in [0.1, 0.15) is 18.1 Å². The van der Waals surface area contributed by atoms with E-state index in [1.807, 2.05) is 13.0 Å². The van der Waals surface area contributed by atoms with Gasteiger partial charge < -0.3 is 24.3 Å². The summed E-state index contributed by atoms with van der Waals surface area (Å²) in [4.78, 5) is 66.4. The Morgan fingerprint density at radius 3 is 2.65 bits per heavy atom. The molecule has 5 atom stereocenters. The predicted molar refractivity (Wildman–Crippen MR) is 221 cm³/mol. The average molecular weight is 800 g/mol. The molecule has 0 spiro atoms. The lowest BCUT2D eigenvalue weighted by molar-refractivity contribution is -0.155. The molecule has 4 aliphatic rings. The number of aliphatic imine (C=N–C) groups is 1. The molecule has 13 nitrogen and oxygen atoms in total. The number of pyridine rings is 1. The van der Waals surface area contributed by atoms with Crippen LogP contribution >= 0.6 is 11.8 Å². The maximum absolute atomic E-state index is 14.4. The number of benzene rings is 1. The number of aryl methyl sites for hydroxylation is 1. The van der Waals surface area contributed by atoms with E-state index in [1.54, 1.807) is 32.1 Å². The number of rotatable bonds is 7. The summed E-state index contributed by atoms with van der Waals surface area (Å²) in [6, 6.07) is 8.04. The predicted octanol–water partition coefficient (Wildman–Crippen LogP) is 5.67. The summed E-state index contributed by atoms with van der Waals surface area (Å²) in [5.74, 6) is -0.601. The Labute approximate surface area is 339 Å². The number of methoxy groups -OCH3 is 1. The van der Waals surface area contributed by atoms with E-state index >= 15 is 0 Å². The lowest BCUT2D eigenvalue weighted by Gasteiger charge is -2.36. The summed E-state index contributed by atoms with van der Waals surface area (Å²) in [5.41, 5.74) is 8.82. The number of thioether (sulfide) groups is 1. The van der Waals surface area contributed by atoms with Crippen molar-refractivity contribution in [1.82, 2.24) is 30.2 Å². The highest BCUT2D eigenvalue weighted by molar-refractivity contribution is 8.14. The van der Waals surface area contributed by atoms with E-state index in [0.29, 0.717) is 31.6 Å². The van der Waals surface area contributed by atoms with Gasteiger partial charge in [-0.1, -0.05) is 32.8 Å². The van der Waals surface area contributed by atoms with E-state index in [-0.39, 0.29) is 48.8 Å². The number of likely N-dealkylation sites (N-methyl/N-ethyl adjacent to an activating group) is 1. The average Bonchev–Trinajstić information content (AvgIpc) is 3.96. The number of carbonyl (C=O) groups excluding carboxylic acids is 4. The largest absolute Gasteiger partial charge is 0.464 e. The second-order valence-electron chi connectivity index (χ2n) is 17.0. The summed E-state index contributed by atoms with van der Waals surface area (Å²) in [6.45, 7) is 8.22. The minimum absolute atomic E-state index is 0.0127. The van der Waals surface area contributed by atoms with Crippen LogP contribution in [0.5, 0.6) is 0 Å². The number of ether oxygens (including phenoxy) is 2. The Morgan fingerprint density at radius 1 is 1.14 bits per heavy atom. The molecule has 5 heterocycles. The Kier molecular flexibility index (Phi) is 12.1. The number of cyclic esters (lactones) is 1. The fraction of sp³-hybridized carbons (Fsp3) is 0.581. The summed E-state index contributed by atoms with van der Waals surface area (Å²) in [7, 11) is 5.43. The van der Waals surface area contributed by atoms with Gasteiger partial charge in [-0.15, -0.1) is 11.8 Å². The first-order valence-electron chi connectivity index (χ1n) is 20.3.